The second-order valence-electron chi connectivity index (χ2n) is 3.72. The van der Waals surface area contributed by atoms with Crippen molar-refractivity contribution in [3.05, 3.63) is 34.1 Å². The Balaban J connectivity index is 2.79. The molecular formula is C11H15ClFN. The van der Waals surface area contributed by atoms with Crippen molar-refractivity contribution in [1.29, 1.82) is 0 Å². The van der Waals surface area contributed by atoms with Crippen molar-refractivity contribution in [2.75, 3.05) is 0 Å². The molecule has 0 aromatic heterocycles. The van der Waals surface area contributed by atoms with E-state index in [2.05, 4.69) is 0 Å². The number of nitrogens with two attached hydrogens (primary N) is 1. The molecule has 0 aliphatic rings. The van der Waals surface area contributed by atoms with Crippen LogP contribution >= 0.6 is 11.6 Å². The van der Waals surface area contributed by atoms with E-state index < -0.39 is 0 Å². The third kappa shape index (κ3) is 2.96. The van der Waals surface area contributed by atoms with Gasteiger partial charge in [-0.1, -0.05) is 17.7 Å². The maximum Gasteiger partial charge on any atom is 0.144 e. The van der Waals surface area contributed by atoms with Gasteiger partial charge in [-0.15, -0.1) is 0 Å². The molecule has 1 rings (SSSR count). The lowest BCUT2D eigenvalue weighted by Gasteiger charge is -2.07. The van der Waals surface area contributed by atoms with E-state index in [1.165, 1.54) is 0 Å². The smallest absolute Gasteiger partial charge is 0.144 e. The minimum Gasteiger partial charge on any atom is -0.328 e. The summed E-state index contributed by atoms with van der Waals surface area (Å²) in [5, 5.41) is 0.199. The Morgan fingerprint density at radius 2 is 2.14 bits per heavy atom. The van der Waals surface area contributed by atoms with Crippen molar-refractivity contribution < 1.29 is 4.39 Å². The molecule has 1 aromatic rings. The van der Waals surface area contributed by atoms with Gasteiger partial charge in [-0.25, -0.2) is 4.39 Å². The molecule has 0 unspecified atom stereocenters. The van der Waals surface area contributed by atoms with E-state index in [1.807, 2.05) is 13.0 Å². The lowest BCUT2D eigenvalue weighted by Crippen LogP contribution is -2.15. The van der Waals surface area contributed by atoms with E-state index in [0.29, 0.717) is 5.56 Å². The molecular weight excluding hydrogens is 201 g/mol. The van der Waals surface area contributed by atoms with Crippen molar-refractivity contribution in [3.8, 4) is 0 Å². The average Bonchev–Trinajstić information content (AvgIpc) is 2.10. The van der Waals surface area contributed by atoms with E-state index in [-0.39, 0.29) is 16.9 Å². The van der Waals surface area contributed by atoms with Gasteiger partial charge in [0.2, 0.25) is 0 Å². The van der Waals surface area contributed by atoms with Gasteiger partial charge in [-0.3, -0.25) is 0 Å². The lowest BCUT2D eigenvalue weighted by molar-refractivity contribution is 0.616. The van der Waals surface area contributed by atoms with Gasteiger partial charge in [0.05, 0.1) is 5.02 Å². The van der Waals surface area contributed by atoms with Crippen molar-refractivity contribution in [1.82, 2.24) is 0 Å². The summed E-state index contributed by atoms with van der Waals surface area (Å²) in [7, 11) is 0. The number of hydrogen-bond donors (Lipinski definition) is 1. The molecule has 0 saturated carbocycles. The lowest BCUT2D eigenvalue weighted by atomic mass is 10.0. The second kappa shape index (κ2) is 4.76. The first-order valence-corrected chi connectivity index (χ1v) is 5.08. The molecule has 0 aliphatic carbocycles. The van der Waals surface area contributed by atoms with Crippen LogP contribution in [-0.2, 0) is 6.42 Å². The molecule has 78 valence electrons. The van der Waals surface area contributed by atoms with Crippen LogP contribution in [0.3, 0.4) is 0 Å². The first-order valence-electron chi connectivity index (χ1n) is 4.71. The van der Waals surface area contributed by atoms with Crippen LogP contribution in [0, 0.1) is 12.7 Å². The van der Waals surface area contributed by atoms with Crippen LogP contribution in [0.4, 0.5) is 4.39 Å². The molecule has 0 heterocycles. The average molecular weight is 216 g/mol. The predicted molar refractivity (Wildman–Crippen MR) is 58.1 cm³/mol. The fraction of sp³-hybridized carbons (Fsp3) is 0.455. The van der Waals surface area contributed by atoms with Gasteiger partial charge < -0.3 is 5.73 Å². The SMILES string of the molecule is Cc1cc(CC[C@H](C)N)cc(Cl)c1F. The van der Waals surface area contributed by atoms with Crippen molar-refractivity contribution in [2.24, 2.45) is 5.73 Å². The Labute approximate surface area is 89.1 Å². The van der Waals surface area contributed by atoms with E-state index in [9.17, 15) is 4.39 Å². The number of rotatable bonds is 3. The third-order valence-electron chi connectivity index (χ3n) is 2.16. The minimum atomic E-state index is -0.323. The first-order chi connectivity index (χ1) is 6.50. The van der Waals surface area contributed by atoms with Crippen LogP contribution < -0.4 is 5.73 Å². The topological polar surface area (TPSA) is 26.0 Å². The molecule has 0 fully saturated rings. The molecule has 3 heteroatoms. The summed E-state index contributed by atoms with van der Waals surface area (Å²) in [4.78, 5) is 0. The standard InChI is InChI=1S/C11H15ClFN/c1-7-5-9(4-3-8(2)14)6-10(12)11(7)13/h5-6,8H,3-4,14H2,1-2H3/t8-/m0/s1. The van der Waals surface area contributed by atoms with Crippen LogP contribution in [-0.4, -0.2) is 6.04 Å². The zero-order chi connectivity index (χ0) is 10.7. The quantitative estimate of drug-likeness (QED) is 0.824. The normalized spacial score (nSPS) is 12.9. The highest BCUT2D eigenvalue weighted by atomic mass is 35.5. The molecule has 0 bridgehead atoms. The Morgan fingerprint density at radius 3 is 2.64 bits per heavy atom. The van der Waals surface area contributed by atoms with Crippen molar-refractivity contribution >= 4 is 11.6 Å². The maximum absolute atomic E-state index is 13.2. The molecule has 0 amide bonds. The summed E-state index contributed by atoms with van der Waals surface area (Å²) < 4.78 is 13.2. The van der Waals surface area contributed by atoms with Crippen molar-refractivity contribution in [2.45, 2.75) is 32.7 Å². The summed E-state index contributed by atoms with van der Waals surface area (Å²) >= 11 is 5.73. The van der Waals surface area contributed by atoms with Crippen LogP contribution in [0.5, 0.6) is 0 Å². The molecule has 0 saturated heterocycles. The van der Waals surface area contributed by atoms with Gasteiger partial charge in [0.1, 0.15) is 5.82 Å². The van der Waals surface area contributed by atoms with Crippen LogP contribution in [0.25, 0.3) is 0 Å². The number of hydrogen-bond acceptors (Lipinski definition) is 1. The van der Waals surface area contributed by atoms with Crippen LogP contribution in [0.2, 0.25) is 5.02 Å². The summed E-state index contributed by atoms with van der Waals surface area (Å²) in [6, 6.07) is 3.66. The summed E-state index contributed by atoms with van der Waals surface area (Å²) in [6.07, 6.45) is 1.74. The highest BCUT2D eigenvalue weighted by Gasteiger charge is 2.06. The predicted octanol–water partition coefficient (Wildman–Crippen LogP) is 3.07. The molecule has 1 aromatic carbocycles. The number of halogens is 2. The largest absolute Gasteiger partial charge is 0.328 e. The van der Waals surface area contributed by atoms with Gasteiger partial charge in [-0.05, 0) is 43.9 Å². The molecule has 0 radical (unpaired) electrons. The van der Waals surface area contributed by atoms with Gasteiger partial charge in [-0.2, -0.15) is 0 Å². The Kier molecular flexibility index (Phi) is 3.90. The molecule has 1 atom stereocenters. The molecule has 0 aliphatic heterocycles. The van der Waals surface area contributed by atoms with Crippen LogP contribution in [0.15, 0.2) is 12.1 Å². The summed E-state index contributed by atoms with van der Waals surface area (Å²) in [6.45, 7) is 3.68. The Hall–Kier alpha value is -0.600. The zero-order valence-electron chi connectivity index (χ0n) is 8.48. The van der Waals surface area contributed by atoms with Crippen LogP contribution in [0.1, 0.15) is 24.5 Å². The Bertz CT molecular complexity index is 300. The van der Waals surface area contributed by atoms with Gasteiger partial charge in [0, 0.05) is 6.04 Å². The molecule has 0 spiro atoms. The fourth-order valence-corrected chi connectivity index (χ4v) is 1.63. The summed E-state index contributed by atoms with van der Waals surface area (Å²) in [5.74, 6) is -0.323. The minimum absolute atomic E-state index is 0.166. The van der Waals surface area contributed by atoms with E-state index >= 15 is 0 Å². The van der Waals surface area contributed by atoms with Gasteiger partial charge in [0.15, 0.2) is 0 Å². The van der Waals surface area contributed by atoms with Crippen molar-refractivity contribution in [3.63, 3.8) is 0 Å². The Morgan fingerprint density at radius 1 is 1.50 bits per heavy atom. The maximum atomic E-state index is 13.2. The third-order valence-corrected chi connectivity index (χ3v) is 2.43. The molecule has 1 nitrogen and oxygen atoms in total. The number of aryl methyl sites for hydroxylation is 2. The molecule has 2 N–H and O–H groups in total. The van der Waals surface area contributed by atoms with E-state index in [4.69, 9.17) is 17.3 Å². The van der Waals surface area contributed by atoms with Gasteiger partial charge >= 0.3 is 0 Å². The van der Waals surface area contributed by atoms with E-state index in [0.717, 1.165) is 18.4 Å². The number of benzene rings is 1. The highest BCUT2D eigenvalue weighted by molar-refractivity contribution is 6.30. The fourth-order valence-electron chi connectivity index (χ4n) is 1.34. The zero-order valence-corrected chi connectivity index (χ0v) is 9.24. The second-order valence-corrected chi connectivity index (χ2v) is 4.13. The monoisotopic (exact) mass is 215 g/mol. The summed E-state index contributed by atoms with van der Waals surface area (Å²) in [5.41, 5.74) is 7.28. The van der Waals surface area contributed by atoms with E-state index in [1.54, 1.807) is 13.0 Å². The molecule has 14 heavy (non-hydrogen) atoms. The first kappa shape index (κ1) is 11.5. The highest BCUT2D eigenvalue weighted by Crippen LogP contribution is 2.21. The van der Waals surface area contributed by atoms with Gasteiger partial charge in [0.25, 0.3) is 0 Å².